The second-order valence-corrected chi connectivity index (χ2v) is 7.54. The van der Waals surface area contributed by atoms with E-state index < -0.39 is 15.5 Å². The predicted molar refractivity (Wildman–Crippen MR) is 85.4 cm³/mol. The van der Waals surface area contributed by atoms with Crippen molar-refractivity contribution in [3.8, 4) is 0 Å². The lowest BCUT2D eigenvalue weighted by atomic mass is 10.3. The normalized spacial score (nSPS) is 12.5. The number of halogens is 3. The predicted octanol–water partition coefficient (Wildman–Crippen LogP) is 4.85. The van der Waals surface area contributed by atoms with Gasteiger partial charge in [-0.25, -0.2) is 0 Å². The highest BCUT2D eigenvalue weighted by Gasteiger charge is 2.29. The van der Waals surface area contributed by atoms with Crippen molar-refractivity contribution in [3.05, 3.63) is 54.6 Å². The summed E-state index contributed by atoms with van der Waals surface area (Å²) in [4.78, 5) is -0.118. The van der Waals surface area contributed by atoms with Gasteiger partial charge >= 0.3 is 5.51 Å². The Labute approximate surface area is 139 Å². The number of para-hydroxylation sites is 1. The molecule has 0 bridgehead atoms. The topological polar surface area (TPSA) is 59.3 Å². The Morgan fingerprint density at radius 1 is 1.00 bits per heavy atom. The third kappa shape index (κ3) is 3.85. The maximum absolute atomic E-state index is 12.4. The van der Waals surface area contributed by atoms with Gasteiger partial charge in [0.1, 0.15) is 5.58 Å². The average Bonchev–Trinajstić information content (AvgIpc) is 2.90. The SMILES string of the molecule is O=S(=O)(Nc1cccc(SC(F)(F)F)c1)c1cc2ccccc2o1. The summed E-state index contributed by atoms with van der Waals surface area (Å²) in [6, 6.07) is 13.2. The highest BCUT2D eigenvalue weighted by atomic mass is 32.2. The Morgan fingerprint density at radius 2 is 1.75 bits per heavy atom. The Balaban J connectivity index is 1.88. The standard InChI is InChI=1S/C15H10F3NO3S2/c16-15(17,18)23-12-6-3-5-11(9-12)19-24(20,21)14-8-10-4-1-2-7-13(10)22-14/h1-9,19H. The van der Waals surface area contributed by atoms with Crippen LogP contribution in [0.2, 0.25) is 0 Å². The molecule has 3 aromatic rings. The van der Waals surface area contributed by atoms with E-state index in [0.29, 0.717) is 11.0 Å². The molecule has 1 N–H and O–H groups in total. The molecule has 4 nitrogen and oxygen atoms in total. The number of alkyl halides is 3. The molecule has 24 heavy (non-hydrogen) atoms. The van der Waals surface area contributed by atoms with Gasteiger partial charge in [-0.1, -0.05) is 24.3 Å². The molecule has 0 radical (unpaired) electrons. The number of thioether (sulfide) groups is 1. The van der Waals surface area contributed by atoms with Gasteiger partial charge in [0.2, 0.25) is 5.09 Å². The van der Waals surface area contributed by atoms with Crippen molar-refractivity contribution in [3.63, 3.8) is 0 Å². The van der Waals surface area contributed by atoms with E-state index in [1.807, 2.05) is 0 Å². The first-order chi connectivity index (χ1) is 11.2. The van der Waals surface area contributed by atoms with Gasteiger partial charge in [-0.15, -0.1) is 0 Å². The summed E-state index contributed by atoms with van der Waals surface area (Å²) < 4.78 is 69.4. The maximum atomic E-state index is 12.4. The molecule has 0 fully saturated rings. The maximum Gasteiger partial charge on any atom is 0.446 e. The summed E-state index contributed by atoms with van der Waals surface area (Å²) in [5.41, 5.74) is -4.03. The zero-order valence-corrected chi connectivity index (χ0v) is 13.5. The molecule has 126 valence electrons. The van der Waals surface area contributed by atoms with Crippen LogP contribution in [-0.2, 0) is 10.0 Å². The van der Waals surface area contributed by atoms with Crippen LogP contribution in [0, 0.1) is 0 Å². The van der Waals surface area contributed by atoms with E-state index in [1.54, 1.807) is 24.3 Å². The Morgan fingerprint density at radius 3 is 2.46 bits per heavy atom. The van der Waals surface area contributed by atoms with Gasteiger partial charge in [-0.2, -0.15) is 21.6 Å². The minimum Gasteiger partial charge on any atom is -0.443 e. The van der Waals surface area contributed by atoms with E-state index >= 15 is 0 Å². The molecular formula is C15H10F3NO3S2. The quantitative estimate of drug-likeness (QED) is 0.665. The zero-order valence-electron chi connectivity index (χ0n) is 11.9. The molecule has 0 saturated heterocycles. The van der Waals surface area contributed by atoms with Crippen LogP contribution in [0.5, 0.6) is 0 Å². The lowest BCUT2D eigenvalue weighted by Gasteiger charge is -2.09. The number of sulfonamides is 1. The monoisotopic (exact) mass is 373 g/mol. The first kappa shape index (κ1) is 16.7. The van der Waals surface area contributed by atoms with Crippen LogP contribution in [0.25, 0.3) is 11.0 Å². The lowest BCUT2D eigenvalue weighted by Crippen LogP contribution is -2.12. The molecule has 1 aromatic heterocycles. The van der Waals surface area contributed by atoms with Crippen molar-refractivity contribution in [2.75, 3.05) is 4.72 Å². The molecule has 0 aliphatic heterocycles. The fourth-order valence-electron chi connectivity index (χ4n) is 2.05. The summed E-state index contributed by atoms with van der Waals surface area (Å²) >= 11 is -0.318. The first-order valence-corrected chi connectivity index (χ1v) is 8.90. The van der Waals surface area contributed by atoms with Gasteiger partial charge < -0.3 is 4.42 Å². The molecular weight excluding hydrogens is 363 g/mol. The fourth-order valence-corrected chi connectivity index (χ4v) is 3.67. The van der Waals surface area contributed by atoms with E-state index in [0.717, 1.165) is 6.07 Å². The molecule has 2 aromatic carbocycles. The Kier molecular flexibility index (Phi) is 4.22. The van der Waals surface area contributed by atoms with E-state index in [9.17, 15) is 21.6 Å². The third-order valence-corrected chi connectivity index (χ3v) is 4.94. The van der Waals surface area contributed by atoms with E-state index in [2.05, 4.69) is 4.72 Å². The van der Waals surface area contributed by atoms with Crippen LogP contribution < -0.4 is 4.72 Å². The highest BCUT2D eigenvalue weighted by Crippen LogP contribution is 2.37. The third-order valence-electron chi connectivity index (χ3n) is 2.99. The second-order valence-electron chi connectivity index (χ2n) is 4.78. The molecule has 0 saturated carbocycles. The zero-order chi connectivity index (χ0) is 17.4. The highest BCUT2D eigenvalue weighted by molar-refractivity contribution is 8.00. The number of nitrogens with one attached hydrogen (secondary N) is 1. The van der Waals surface area contributed by atoms with Gasteiger partial charge in [0.15, 0.2) is 0 Å². The molecule has 0 unspecified atom stereocenters. The van der Waals surface area contributed by atoms with Crippen LogP contribution in [0.3, 0.4) is 0 Å². The van der Waals surface area contributed by atoms with Gasteiger partial charge in [0.25, 0.3) is 10.0 Å². The Hall–Kier alpha value is -2.13. The number of fused-ring (bicyclic) bond motifs is 1. The van der Waals surface area contributed by atoms with Gasteiger partial charge in [0.05, 0.1) is 5.69 Å². The van der Waals surface area contributed by atoms with E-state index in [4.69, 9.17) is 4.42 Å². The van der Waals surface area contributed by atoms with E-state index in [-0.39, 0.29) is 27.4 Å². The van der Waals surface area contributed by atoms with Crippen molar-refractivity contribution in [1.29, 1.82) is 0 Å². The minimum atomic E-state index is -4.45. The van der Waals surface area contributed by atoms with Gasteiger partial charge in [-0.05, 0) is 36.0 Å². The smallest absolute Gasteiger partial charge is 0.443 e. The molecule has 3 rings (SSSR count). The molecule has 0 amide bonds. The van der Waals surface area contributed by atoms with Crippen LogP contribution in [0.15, 0.2) is 69.0 Å². The largest absolute Gasteiger partial charge is 0.446 e. The number of hydrogen-bond acceptors (Lipinski definition) is 4. The van der Waals surface area contributed by atoms with Crippen molar-refractivity contribution in [1.82, 2.24) is 0 Å². The minimum absolute atomic E-state index is 0.0182. The van der Waals surface area contributed by atoms with Crippen LogP contribution in [-0.4, -0.2) is 13.9 Å². The summed E-state index contributed by atoms with van der Waals surface area (Å²) in [7, 11) is -4.04. The fraction of sp³-hybridized carbons (Fsp3) is 0.0667. The average molecular weight is 373 g/mol. The van der Waals surface area contributed by atoms with Crippen molar-refractivity contribution < 1.29 is 26.0 Å². The number of furan rings is 1. The molecule has 0 spiro atoms. The van der Waals surface area contributed by atoms with Crippen LogP contribution in [0.4, 0.5) is 18.9 Å². The number of hydrogen-bond donors (Lipinski definition) is 1. The van der Waals surface area contributed by atoms with Crippen molar-refractivity contribution in [2.24, 2.45) is 0 Å². The number of anilines is 1. The second kappa shape index (κ2) is 6.06. The van der Waals surface area contributed by atoms with E-state index in [1.165, 1.54) is 24.3 Å². The molecule has 9 heteroatoms. The first-order valence-electron chi connectivity index (χ1n) is 6.60. The van der Waals surface area contributed by atoms with Crippen molar-refractivity contribution in [2.45, 2.75) is 15.5 Å². The summed E-state index contributed by atoms with van der Waals surface area (Å²) in [5, 5.41) is 0.303. The molecule has 1 heterocycles. The summed E-state index contributed by atoms with van der Waals surface area (Å²) in [6.45, 7) is 0. The number of rotatable bonds is 4. The summed E-state index contributed by atoms with van der Waals surface area (Å²) in [5.74, 6) is 0. The Bertz CT molecular complexity index is 948. The van der Waals surface area contributed by atoms with Crippen LogP contribution in [0.1, 0.15) is 0 Å². The summed E-state index contributed by atoms with van der Waals surface area (Å²) in [6.07, 6.45) is 0. The van der Waals surface area contributed by atoms with Crippen LogP contribution >= 0.6 is 11.8 Å². The lowest BCUT2D eigenvalue weighted by molar-refractivity contribution is -0.0328. The van der Waals surface area contributed by atoms with Crippen molar-refractivity contribution >= 4 is 38.4 Å². The molecule has 0 aliphatic rings. The van der Waals surface area contributed by atoms with Gasteiger partial charge in [-0.3, -0.25) is 4.72 Å². The molecule has 0 aliphatic carbocycles. The van der Waals surface area contributed by atoms with Gasteiger partial charge in [0, 0.05) is 16.3 Å². The molecule has 0 atom stereocenters. The number of benzene rings is 2.